The van der Waals surface area contributed by atoms with Gasteiger partial charge in [-0.25, -0.2) is 9.37 Å². The van der Waals surface area contributed by atoms with Crippen LogP contribution in [-0.4, -0.2) is 22.7 Å². The van der Waals surface area contributed by atoms with E-state index in [9.17, 15) is 14.3 Å². The molecule has 2 aromatic carbocycles. The van der Waals surface area contributed by atoms with Crippen LogP contribution in [0.1, 0.15) is 48.3 Å². The Hall–Kier alpha value is -3.15. The third-order valence-corrected chi connectivity index (χ3v) is 6.07. The lowest BCUT2D eigenvalue weighted by atomic mass is 9.85. The van der Waals surface area contributed by atoms with Gasteiger partial charge in [-0.05, 0) is 79.6 Å². The molecule has 0 amide bonds. The molecule has 0 unspecified atom stereocenters. The van der Waals surface area contributed by atoms with E-state index in [1.54, 1.807) is 12.1 Å². The summed E-state index contributed by atoms with van der Waals surface area (Å²) in [5.41, 5.74) is 3.86. The van der Waals surface area contributed by atoms with E-state index < -0.39 is 5.97 Å². The van der Waals surface area contributed by atoms with Crippen LogP contribution in [-0.2, 0) is 17.6 Å². The first kappa shape index (κ1) is 21.1. The summed E-state index contributed by atoms with van der Waals surface area (Å²) in [6.07, 6.45) is 2.97. The maximum absolute atomic E-state index is 13.1. The van der Waals surface area contributed by atoms with Crippen molar-refractivity contribution in [2.45, 2.75) is 45.4 Å². The summed E-state index contributed by atoms with van der Waals surface area (Å²) in [5.74, 6) is 0.701. The van der Waals surface area contributed by atoms with E-state index in [4.69, 9.17) is 9.15 Å². The van der Waals surface area contributed by atoms with Crippen LogP contribution in [0.4, 0.5) is 4.39 Å². The van der Waals surface area contributed by atoms with Gasteiger partial charge in [0.25, 0.3) is 0 Å². The predicted octanol–water partition coefficient (Wildman–Crippen LogP) is 5.55. The summed E-state index contributed by atoms with van der Waals surface area (Å²) >= 11 is 0. The van der Waals surface area contributed by atoms with Gasteiger partial charge in [0.05, 0.1) is 18.2 Å². The largest absolute Gasteiger partial charge is 0.493 e. The minimum absolute atomic E-state index is 0.0780. The number of carboxylic acids is 1. The highest BCUT2D eigenvalue weighted by Gasteiger charge is 2.33. The van der Waals surface area contributed by atoms with E-state index in [-0.39, 0.29) is 17.7 Å². The lowest BCUT2D eigenvalue weighted by molar-refractivity contribution is -0.142. The number of fused-ring (bicyclic) bond motifs is 1. The van der Waals surface area contributed by atoms with E-state index in [2.05, 4.69) is 4.98 Å². The molecule has 3 aromatic rings. The second-order valence-corrected chi connectivity index (χ2v) is 7.99. The Morgan fingerprint density at radius 3 is 2.77 bits per heavy atom. The number of aliphatic carboxylic acids is 1. The standard InChI is InChI=1S/C25H26FNO4/c1-3-20(25(28)29)22-10-6-17-14-19(9-11-21(17)22)30-13-12-23-15(2)31-24(27-23)16-4-7-18(26)8-5-16/h4-5,7-9,11,14,20,22H,3,6,10,12-13H2,1-2H3,(H,28,29)/t20-,22-/m0/s1. The summed E-state index contributed by atoms with van der Waals surface area (Å²) in [4.78, 5) is 16.1. The zero-order valence-corrected chi connectivity index (χ0v) is 17.7. The third kappa shape index (κ3) is 4.48. The number of aryl methyl sites for hydroxylation is 2. The zero-order chi connectivity index (χ0) is 22.0. The molecular formula is C25H26FNO4. The molecule has 162 valence electrons. The number of oxazole rings is 1. The lowest BCUT2D eigenvalue weighted by Gasteiger charge is -2.19. The number of hydrogen-bond donors (Lipinski definition) is 1. The smallest absolute Gasteiger partial charge is 0.307 e. The first-order chi connectivity index (χ1) is 15.0. The van der Waals surface area contributed by atoms with Gasteiger partial charge < -0.3 is 14.3 Å². The van der Waals surface area contributed by atoms with Crippen molar-refractivity contribution in [1.29, 1.82) is 0 Å². The van der Waals surface area contributed by atoms with Crippen LogP contribution < -0.4 is 4.74 Å². The van der Waals surface area contributed by atoms with Crippen molar-refractivity contribution in [3.8, 4) is 17.2 Å². The summed E-state index contributed by atoms with van der Waals surface area (Å²) in [6, 6.07) is 12.0. The SMILES string of the molecule is CC[C@H](C(=O)O)[C@@H]1CCc2cc(OCCc3nc(-c4ccc(F)cc4)oc3C)ccc21. The minimum Gasteiger partial charge on any atom is -0.493 e. The average molecular weight is 423 g/mol. The fourth-order valence-electron chi connectivity index (χ4n) is 4.41. The predicted molar refractivity (Wildman–Crippen MR) is 115 cm³/mol. The molecule has 31 heavy (non-hydrogen) atoms. The van der Waals surface area contributed by atoms with Gasteiger partial charge in [0, 0.05) is 12.0 Å². The quantitative estimate of drug-likeness (QED) is 0.514. The number of aromatic nitrogens is 1. The number of halogens is 1. The number of carboxylic acid groups (broad SMARTS) is 1. The van der Waals surface area contributed by atoms with Crippen LogP contribution in [0.25, 0.3) is 11.5 Å². The van der Waals surface area contributed by atoms with Gasteiger partial charge in [0.1, 0.15) is 17.3 Å². The first-order valence-corrected chi connectivity index (χ1v) is 10.7. The van der Waals surface area contributed by atoms with E-state index in [1.165, 1.54) is 17.7 Å². The van der Waals surface area contributed by atoms with E-state index in [0.29, 0.717) is 25.3 Å². The van der Waals surface area contributed by atoms with Crippen LogP contribution in [0.3, 0.4) is 0 Å². The molecule has 5 nitrogen and oxygen atoms in total. The minimum atomic E-state index is -0.719. The number of carbonyl (C=O) groups is 1. The Balaban J connectivity index is 1.39. The monoisotopic (exact) mass is 423 g/mol. The molecule has 4 rings (SSSR count). The van der Waals surface area contributed by atoms with E-state index >= 15 is 0 Å². The van der Waals surface area contributed by atoms with Crippen LogP contribution in [0.15, 0.2) is 46.9 Å². The Labute approximate surface area is 180 Å². The number of hydrogen-bond acceptors (Lipinski definition) is 4. The van der Waals surface area contributed by atoms with Crippen LogP contribution in [0.2, 0.25) is 0 Å². The number of rotatable bonds is 8. The van der Waals surface area contributed by atoms with Gasteiger partial charge in [-0.3, -0.25) is 4.79 Å². The third-order valence-electron chi connectivity index (χ3n) is 6.07. The van der Waals surface area contributed by atoms with E-state index in [1.807, 2.05) is 32.0 Å². The van der Waals surface area contributed by atoms with Gasteiger partial charge in [0.2, 0.25) is 5.89 Å². The Morgan fingerprint density at radius 1 is 1.29 bits per heavy atom. The molecule has 0 bridgehead atoms. The van der Waals surface area contributed by atoms with Crippen LogP contribution in [0.5, 0.6) is 5.75 Å². The molecular weight excluding hydrogens is 397 g/mol. The highest BCUT2D eigenvalue weighted by Crippen LogP contribution is 2.41. The molecule has 0 aliphatic heterocycles. The maximum Gasteiger partial charge on any atom is 0.307 e. The molecule has 0 spiro atoms. The highest BCUT2D eigenvalue weighted by molar-refractivity contribution is 5.72. The van der Waals surface area contributed by atoms with Crippen molar-refractivity contribution in [2.24, 2.45) is 5.92 Å². The highest BCUT2D eigenvalue weighted by atomic mass is 19.1. The van der Waals surface area contributed by atoms with Crippen LogP contribution in [0, 0.1) is 18.7 Å². The topological polar surface area (TPSA) is 72.6 Å². The Kier molecular flexibility index (Phi) is 6.07. The lowest BCUT2D eigenvalue weighted by Crippen LogP contribution is -2.19. The Morgan fingerprint density at radius 2 is 2.06 bits per heavy atom. The molecule has 1 aromatic heterocycles. The van der Waals surface area contributed by atoms with Gasteiger partial charge in [0.15, 0.2) is 0 Å². The first-order valence-electron chi connectivity index (χ1n) is 10.7. The van der Waals surface area contributed by atoms with E-state index in [0.717, 1.165) is 41.2 Å². The molecule has 0 fully saturated rings. The number of ether oxygens (including phenoxy) is 1. The van der Waals surface area contributed by atoms with Crippen molar-refractivity contribution >= 4 is 5.97 Å². The fourth-order valence-corrected chi connectivity index (χ4v) is 4.41. The molecule has 0 radical (unpaired) electrons. The summed E-state index contributed by atoms with van der Waals surface area (Å²) < 4.78 is 24.8. The van der Waals surface area contributed by atoms with Crippen LogP contribution >= 0.6 is 0 Å². The fraction of sp³-hybridized carbons (Fsp3) is 0.360. The molecule has 1 N–H and O–H groups in total. The van der Waals surface area contributed by atoms with Crippen molar-refractivity contribution in [3.05, 3.63) is 70.9 Å². The molecule has 1 aliphatic carbocycles. The summed E-state index contributed by atoms with van der Waals surface area (Å²) in [6.45, 7) is 4.24. The molecule has 1 heterocycles. The maximum atomic E-state index is 13.1. The second-order valence-electron chi connectivity index (χ2n) is 7.99. The molecule has 6 heteroatoms. The zero-order valence-electron chi connectivity index (χ0n) is 17.7. The normalized spacial score (nSPS) is 16.2. The van der Waals surface area contributed by atoms with Crippen molar-refractivity contribution in [1.82, 2.24) is 4.98 Å². The molecule has 1 aliphatic rings. The number of benzene rings is 2. The van der Waals surface area contributed by atoms with Crippen molar-refractivity contribution in [3.63, 3.8) is 0 Å². The van der Waals surface area contributed by atoms with Crippen molar-refractivity contribution in [2.75, 3.05) is 6.61 Å². The molecule has 0 saturated heterocycles. The summed E-state index contributed by atoms with van der Waals surface area (Å²) in [7, 11) is 0. The van der Waals surface area contributed by atoms with Gasteiger partial charge >= 0.3 is 5.97 Å². The van der Waals surface area contributed by atoms with Gasteiger partial charge in [-0.15, -0.1) is 0 Å². The number of nitrogens with zero attached hydrogens (tertiary/aromatic N) is 1. The Bertz CT molecular complexity index is 1070. The molecule has 0 saturated carbocycles. The van der Waals surface area contributed by atoms with Gasteiger partial charge in [-0.1, -0.05) is 13.0 Å². The van der Waals surface area contributed by atoms with Crippen molar-refractivity contribution < 1.29 is 23.4 Å². The average Bonchev–Trinajstić information content (AvgIpc) is 3.32. The summed E-state index contributed by atoms with van der Waals surface area (Å²) in [5, 5.41) is 9.49. The second kappa shape index (κ2) is 8.92. The van der Waals surface area contributed by atoms with Gasteiger partial charge in [-0.2, -0.15) is 0 Å². The molecule has 2 atom stereocenters.